The summed E-state index contributed by atoms with van der Waals surface area (Å²) in [7, 11) is -0.782. The van der Waals surface area contributed by atoms with Crippen LogP contribution in [0.5, 0.6) is 0 Å². The fourth-order valence-electron chi connectivity index (χ4n) is 7.65. The molecule has 46 heavy (non-hydrogen) atoms. The fraction of sp³-hybridized carbons (Fsp3) is 0.163. The first-order chi connectivity index (χ1) is 22.4. The van der Waals surface area contributed by atoms with Crippen LogP contribution >= 0.6 is 0 Å². The Bertz CT molecular complexity index is 2170. The molecule has 3 heteroatoms. The zero-order chi connectivity index (χ0) is 31.5. The quantitative estimate of drug-likeness (QED) is 0.175. The second-order valence-corrected chi connectivity index (χ2v) is 15.5. The van der Waals surface area contributed by atoms with Crippen LogP contribution in [0.4, 0.5) is 0 Å². The number of hydrogen-bond acceptors (Lipinski definition) is 2. The normalized spacial score (nSPS) is 15.4. The number of hydrogen-bond donors (Lipinski definition) is 0. The molecule has 2 heterocycles. The van der Waals surface area contributed by atoms with Crippen LogP contribution in [0.3, 0.4) is 0 Å². The van der Waals surface area contributed by atoms with Gasteiger partial charge in [-0.15, -0.1) is 0 Å². The van der Waals surface area contributed by atoms with Gasteiger partial charge in [0.05, 0.1) is 8.80 Å². The number of benzene rings is 4. The van der Waals surface area contributed by atoms with Crippen LogP contribution in [0.2, 0.25) is 13.1 Å². The molecule has 1 radical (unpaired) electrons. The minimum absolute atomic E-state index is 0.0210. The minimum Gasteiger partial charge on any atom is -0.462 e. The molecule has 0 fully saturated rings. The van der Waals surface area contributed by atoms with Crippen molar-refractivity contribution in [1.82, 2.24) is 0 Å². The average molecular weight is 614 g/mol. The molecule has 0 saturated heterocycles. The van der Waals surface area contributed by atoms with Crippen molar-refractivity contribution in [1.29, 1.82) is 0 Å². The summed E-state index contributed by atoms with van der Waals surface area (Å²) in [6.07, 6.45) is 3.24. The van der Waals surface area contributed by atoms with Gasteiger partial charge >= 0.3 is 0 Å². The topological polar surface area (TPSA) is 26.3 Å². The van der Waals surface area contributed by atoms with E-state index in [4.69, 9.17) is 8.83 Å². The van der Waals surface area contributed by atoms with Crippen molar-refractivity contribution in [3.05, 3.63) is 160 Å². The van der Waals surface area contributed by atoms with Crippen LogP contribution < -0.4 is 5.19 Å². The van der Waals surface area contributed by atoms with E-state index >= 15 is 0 Å². The molecule has 225 valence electrons. The lowest BCUT2D eigenvalue weighted by atomic mass is 9.79. The van der Waals surface area contributed by atoms with E-state index in [1.165, 1.54) is 72.0 Å². The highest BCUT2D eigenvalue weighted by atomic mass is 28.3. The van der Waals surface area contributed by atoms with E-state index in [1.807, 2.05) is 13.8 Å². The maximum absolute atomic E-state index is 6.46. The van der Waals surface area contributed by atoms with E-state index in [1.54, 1.807) is 0 Å². The third-order valence-corrected chi connectivity index (χ3v) is 11.2. The van der Waals surface area contributed by atoms with Crippen molar-refractivity contribution in [2.75, 3.05) is 0 Å². The molecule has 2 aliphatic rings. The molecule has 2 aliphatic carbocycles. The van der Waals surface area contributed by atoms with Gasteiger partial charge in [0.25, 0.3) is 0 Å². The molecule has 1 atom stereocenters. The lowest BCUT2D eigenvalue weighted by molar-refractivity contribution is 0.518. The molecule has 0 spiro atoms. The Hall–Kier alpha value is -4.86. The lowest BCUT2D eigenvalue weighted by Crippen LogP contribution is -2.26. The predicted molar refractivity (Wildman–Crippen MR) is 194 cm³/mol. The number of allylic oxidation sites excluding steroid dienone is 3. The van der Waals surface area contributed by atoms with Gasteiger partial charge in [0, 0.05) is 23.5 Å². The summed E-state index contributed by atoms with van der Waals surface area (Å²) >= 11 is 0. The number of aryl methyl sites for hydroxylation is 3. The van der Waals surface area contributed by atoms with Gasteiger partial charge in [-0.2, -0.15) is 0 Å². The highest BCUT2D eigenvalue weighted by molar-refractivity contribution is 6.72. The molecule has 4 aromatic carbocycles. The van der Waals surface area contributed by atoms with Gasteiger partial charge in [-0.3, -0.25) is 0 Å². The minimum atomic E-state index is -0.782. The smallest absolute Gasteiger partial charge is 0.131 e. The Morgan fingerprint density at radius 3 is 1.85 bits per heavy atom. The monoisotopic (exact) mass is 613 g/mol. The highest BCUT2D eigenvalue weighted by Crippen LogP contribution is 2.58. The molecular formula is C43H37O2Si. The van der Waals surface area contributed by atoms with Crippen molar-refractivity contribution in [2.45, 2.75) is 46.2 Å². The Morgan fingerprint density at radius 2 is 1.24 bits per heavy atom. The zero-order valence-electron chi connectivity index (χ0n) is 27.1. The van der Waals surface area contributed by atoms with Crippen LogP contribution in [0, 0.1) is 20.8 Å². The summed E-state index contributed by atoms with van der Waals surface area (Å²) in [5, 5.41) is 1.47. The Balaban J connectivity index is 1.48. The molecule has 0 bridgehead atoms. The summed E-state index contributed by atoms with van der Waals surface area (Å²) in [4.78, 5) is 0. The van der Waals surface area contributed by atoms with Crippen molar-refractivity contribution < 1.29 is 8.83 Å². The van der Waals surface area contributed by atoms with E-state index in [9.17, 15) is 0 Å². The largest absolute Gasteiger partial charge is 0.462 e. The van der Waals surface area contributed by atoms with Gasteiger partial charge < -0.3 is 8.83 Å². The molecular weight excluding hydrogens is 577 g/mol. The summed E-state index contributed by atoms with van der Waals surface area (Å²) in [5.41, 5.74) is 15.6. The number of rotatable bonds is 6. The Labute approximate surface area is 273 Å². The van der Waals surface area contributed by atoms with E-state index in [0.717, 1.165) is 29.5 Å². The van der Waals surface area contributed by atoms with Gasteiger partial charge in [-0.25, -0.2) is 0 Å². The number of furan rings is 2. The summed E-state index contributed by atoms with van der Waals surface area (Å²) in [6, 6.07) is 39.8. The van der Waals surface area contributed by atoms with Crippen LogP contribution in [-0.2, 0) is 6.42 Å². The third-order valence-electron chi connectivity index (χ3n) is 9.68. The van der Waals surface area contributed by atoms with Crippen molar-refractivity contribution in [3.63, 3.8) is 0 Å². The second kappa shape index (κ2) is 11.2. The molecule has 0 N–H and O–H groups in total. The van der Waals surface area contributed by atoms with Crippen LogP contribution in [0.15, 0.2) is 118 Å². The average Bonchev–Trinajstić information content (AvgIpc) is 3.85. The molecule has 1 unspecified atom stereocenters. The van der Waals surface area contributed by atoms with Gasteiger partial charge in [-0.05, 0) is 107 Å². The lowest BCUT2D eigenvalue weighted by Gasteiger charge is -2.25. The Morgan fingerprint density at radius 1 is 0.609 bits per heavy atom. The van der Waals surface area contributed by atoms with E-state index < -0.39 is 8.80 Å². The molecule has 0 saturated carbocycles. The van der Waals surface area contributed by atoms with E-state index in [0.29, 0.717) is 0 Å². The van der Waals surface area contributed by atoms with Crippen LogP contribution in [0.1, 0.15) is 56.8 Å². The maximum atomic E-state index is 6.46. The van der Waals surface area contributed by atoms with E-state index in [-0.39, 0.29) is 5.92 Å². The number of fused-ring (bicyclic) bond motifs is 2. The standard InChI is InChI=1S/C43H37O2Si/c1-26-16-20-32-33(39(26)29-12-8-6-9-13-29)25-35(37-22-18-28(3)45-37)42(32)43-34(36-21-17-27(2)44-36)24-31-19-23-38(46(4)5)40(41(31)43)30-14-10-7-11-15-30/h6-23,25,42H,24H2,1-5H3. The molecule has 2 nitrogen and oxygen atoms in total. The SMILES string of the molecule is Cc1ccc(C2=Cc3c(ccc(C)c3-c3ccccc3)C2C2=C(c3ccc(C)o3)Cc3ccc([Si](C)C)c(-c4ccccc4)c32)o1. The highest BCUT2D eigenvalue weighted by Gasteiger charge is 2.40. The molecule has 2 aromatic heterocycles. The van der Waals surface area contributed by atoms with Gasteiger partial charge in [0.15, 0.2) is 0 Å². The molecule has 0 aliphatic heterocycles. The molecule has 8 rings (SSSR count). The summed E-state index contributed by atoms with van der Waals surface area (Å²) in [5.74, 6) is 3.72. The van der Waals surface area contributed by atoms with Crippen molar-refractivity contribution >= 4 is 36.8 Å². The van der Waals surface area contributed by atoms with Gasteiger partial charge in [0.1, 0.15) is 23.0 Å². The fourth-order valence-corrected chi connectivity index (χ4v) is 8.84. The summed E-state index contributed by atoms with van der Waals surface area (Å²) in [6.45, 7) is 11.1. The Kier molecular flexibility index (Phi) is 6.95. The predicted octanol–water partition coefficient (Wildman–Crippen LogP) is 10.9. The maximum Gasteiger partial charge on any atom is 0.131 e. The molecule has 0 amide bonds. The van der Waals surface area contributed by atoms with Gasteiger partial charge in [0.2, 0.25) is 0 Å². The molecule has 6 aromatic rings. The van der Waals surface area contributed by atoms with Gasteiger partial charge in [-0.1, -0.05) is 103 Å². The van der Waals surface area contributed by atoms with Crippen LogP contribution in [0.25, 0.3) is 45.0 Å². The van der Waals surface area contributed by atoms with Crippen LogP contribution in [-0.4, -0.2) is 8.80 Å². The van der Waals surface area contributed by atoms with E-state index in [2.05, 4.69) is 135 Å². The third kappa shape index (κ3) is 4.61. The summed E-state index contributed by atoms with van der Waals surface area (Å²) < 4.78 is 12.9. The first-order valence-electron chi connectivity index (χ1n) is 16.2. The van der Waals surface area contributed by atoms with Crippen molar-refractivity contribution in [3.8, 4) is 22.3 Å². The zero-order valence-corrected chi connectivity index (χ0v) is 28.1. The van der Waals surface area contributed by atoms with Crippen molar-refractivity contribution in [2.24, 2.45) is 0 Å². The first-order valence-corrected chi connectivity index (χ1v) is 18.7. The first kappa shape index (κ1) is 28.6. The second-order valence-electron chi connectivity index (χ2n) is 12.9.